The highest BCUT2D eigenvalue weighted by Crippen LogP contribution is 2.02. The van der Waals surface area contributed by atoms with E-state index in [1.165, 1.54) is 0 Å². The van der Waals surface area contributed by atoms with Gasteiger partial charge in [-0.1, -0.05) is 18.2 Å². The molecule has 0 aromatic heterocycles. The Bertz CT molecular complexity index is 423. The molecule has 0 saturated heterocycles. The van der Waals surface area contributed by atoms with Crippen molar-refractivity contribution in [2.24, 2.45) is 10.8 Å². The summed E-state index contributed by atoms with van der Waals surface area (Å²) in [5, 5.41) is 21.8. The lowest BCUT2D eigenvalue weighted by molar-refractivity contribution is 0.425. The molecule has 0 spiro atoms. The first-order valence-corrected chi connectivity index (χ1v) is 4.96. The first-order valence-electron chi connectivity index (χ1n) is 4.56. The molecule has 0 amide bonds. The van der Waals surface area contributed by atoms with Gasteiger partial charge >= 0.3 is 7.12 Å². The van der Waals surface area contributed by atoms with Crippen LogP contribution in [-0.4, -0.2) is 28.5 Å². The standard InChI is InChI=1S/C9H12BN3O2S/c1-6-4-8(10(14)15)3-2-7(6)5-12-13-9(11)16/h2-5,14-15H,1H3,(H3,11,13,16). The number of hydrogen-bond donors (Lipinski definition) is 4. The summed E-state index contributed by atoms with van der Waals surface area (Å²) in [7, 11) is -1.46. The lowest BCUT2D eigenvalue weighted by Crippen LogP contribution is -2.30. The summed E-state index contributed by atoms with van der Waals surface area (Å²) in [6.07, 6.45) is 1.56. The first-order chi connectivity index (χ1) is 7.50. The van der Waals surface area contributed by atoms with Gasteiger partial charge in [0.25, 0.3) is 0 Å². The molecule has 0 aliphatic rings. The van der Waals surface area contributed by atoms with Crippen LogP contribution in [-0.2, 0) is 0 Å². The Balaban J connectivity index is 2.83. The molecule has 1 rings (SSSR count). The highest BCUT2D eigenvalue weighted by atomic mass is 32.1. The molecular weight excluding hydrogens is 225 g/mol. The minimum atomic E-state index is -1.46. The maximum Gasteiger partial charge on any atom is 0.488 e. The van der Waals surface area contributed by atoms with Crippen molar-refractivity contribution in [3.05, 3.63) is 29.3 Å². The Kier molecular flexibility index (Phi) is 4.42. The van der Waals surface area contributed by atoms with Crippen molar-refractivity contribution in [2.45, 2.75) is 6.92 Å². The number of nitrogens with zero attached hydrogens (tertiary/aromatic N) is 1. The molecular formula is C9H12BN3O2S. The van der Waals surface area contributed by atoms with Crippen molar-refractivity contribution in [1.82, 2.24) is 5.43 Å². The molecule has 0 atom stereocenters. The van der Waals surface area contributed by atoms with E-state index >= 15 is 0 Å². The number of nitrogens with two attached hydrogens (primary N) is 1. The minimum absolute atomic E-state index is 0.0938. The van der Waals surface area contributed by atoms with Crippen molar-refractivity contribution in [3.8, 4) is 0 Å². The van der Waals surface area contributed by atoms with E-state index in [0.29, 0.717) is 5.46 Å². The van der Waals surface area contributed by atoms with E-state index in [-0.39, 0.29) is 5.11 Å². The van der Waals surface area contributed by atoms with Crippen LogP contribution in [0.15, 0.2) is 23.3 Å². The fourth-order valence-electron chi connectivity index (χ4n) is 1.17. The van der Waals surface area contributed by atoms with Gasteiger partial charge in [0.2, 0.25) is 0 Å². The number of thiocarbonyl (C=S) groups is 1. The lowest BCUT2D eigenvalue weighted by Gasteiger charge is -2.04. The summed E-state index contributed by atoms with van der Waals surface area (Å²) in [6, 6.07) is 5.02. The van der Waals surface area contributed by atoms with Gasteiger partial charge in [-0.3, -0.25) is 5.43 Å². The predicted octanol–water partition coefficient (Wildman–Crippen LogP) is -1.16. The fourth-order valence-corrected chi connectivity index (χ4v) is 1.22. The van der Waals surface area contributed by atoms with Crippen LogP contribution in [0.3, 0.4) is 0 Å². The van der Waals surface area contributed by atoms with Crippen molar-refractivity contribution >= 4 is 36.1 Å². The van der Waals surface area contributed by atoms with Gasteiger partial charge in [0, 0.05) is 0 Å². The molecule has 0 heterocycles. The smallest absolute Gasteiger partial charge is 0.423 e. The Morgan fingerprint density at radius 1 is 1.56 bits per heavy atom. The van der Waals surface area contributed by atoms with Gasteiger partial charge in [0.15, 0.2) is 5.11 Å². The Morgan fingerprint density at radius 2 is 2.25 bits per heavy atom. The van der Waals surface area contributed by atoms with Crippen LogP contribution >= 0.6 is 12.2 Å². The number of benzene rings is 1. The highest BCUT2D eigenvalue weighted by molar-refractivity contribution is 7.80. The zero-order chi connectivity index (χ0) is 12.1. The second-order valence-corrected chi connectivity index (χ2v) is 3.66. The molecule has 0 radical (unpaired) electrons. The van der Waals surface area contributed by atoms with Crippen LogP contribution in [0.25, 0.3) is 0 Å². The second kappa shape index (κ2) is 5.59. The van der Waals surface area contributed by atoms with E-state index in [2.05, 4.69) is 22.7 Å². The van der Waals surface area contributed by atoms with Crippen molar-refractivity contribution in [2.75, 3.05) is 0 Å². The van der Waals surface area contributed by atoms with E-state index < -0.39 is 7.12 Å². The normalized spacial score (nSPS) is 10.4. The molecule has 0 bridgehead atoms. The summed E-state index contributed by atoms with van der Waals surface area (Å²) in [6.45, 7) is 1.84. The monoisotopic (exact) mass is 237 g/mol. The Morgan fingerprint density at radius 3 is 2.75 bits per heavy atom. The maximum atomic E-state index is 8.96. The third kappa shape index (κ3) is 3.61. The quantitative estimate of drug-likeness (QED) is 0.230. The Labute approximate surface area is 99.1 Å². The number of hydrazone groups is 1. The van der Waals surface area contributed by atoms with E-state index in [1.807, 2.05) is 6.92 Å². The van der Waals surface area contributed by atoms with Gasteiger partial charge in [-0.15, -0.1) is 0 Å². The maximum absolute atomic E-state index is 8.96. The van der Waals surface area contributed by atoms with Crippen LogP contribution < -0.4 is 16.6 Å². The highest BCUT2D eigenvalue weighted by Gasteiger charge is 2.10. The van der Waals surface area contributed by atoms with E-state index in [0.717, 1.165) is 11.1 Å². The van der Waals surface area contributed by atoms with Gasteiger partial charge in [0.1, 0.15) is 0 Å². The zero-order valence-electron chi connectivity index (χ0n) is 8.71. The first kappa shape index (κ1) is 12.6. The number of rotatable bonds is 3. The zero-order valence-corrected chi connectivity index (χ0v) is 9.53. The van der Waals surface area contributed by atoms with Crippen molar-refractivity contribution in [1.29, 1.82) is 0 Å². The average molecular weight is 237 g/mol. The van der Waals surface area contributed by atoms with E-state index in [9.17, 15) is 0 Å². The largest absolute Gasteiger partial charge is 0.488 e. The summed E-state index contributed by atoms with van der Waals surface area (Å²) < 4.78 is 0. The molecule has 1 aromatic rings. The Hall–Kier alpha value is -1.44. The third-order valence-corrected chi connectivity index (χ3v) is 2.06. The summed E-state index contributed by atoms with van der Waals surface area (Å²) in [4.78, 5) is 0. The molecule has 0 fully saturated rings. The molecule has 1 aromatic carbocycles. The molecule has 16 heavy (non-hydrogen) atoms. The molecule has 0 aliphatic heterocycles. The van der Waals surface area contributed by atoms with Crippen LogP contribution in [0.2, 0.25) is 0 Å². The SMILES string of the molecule is Cc1cc(B(O)O)ccc1C=NNC(N)=S. The van der Waals surface area contributed by atoms with Crippen LogP contribution in [0.1, 0.15) is 11.1 Å². The molecule has 0 saturated carbocycles. The van der Waals surface area contributed by atoms with Crippen LogP contribution in [0.5, 0.6) is 0 Å². The number of nitrogens with one attached hydrogen (secondary N) is 1. The number of aryl methyl sites for hydroxylation is 1. The van der Waals surface area contributed by atoms with Gasteiger partial charge < -0.3 is 15.8 Å². The summed E-state index contributed by atoms with van der Waals surface area (Å²) in [5.41, 5.74) is 9.79. The fraction of sp³-hybridized carbons (Fsp3) is 0.111. The van der Waals surface area contributed by atoms with Crippen LogP contribution in [0.4, 0.5) is 0 Å². The third-order valence-electron chi connectivity index (χ3n) is 1.97. The molecule has 7 heteroatoms. The van der Waals surface area contributed by atoms with Gasteiger partial charge in [-0.2, -0.15) is 5.10 Å². The van der Waals surface area contributed by atoms with E-state index in [1.54, 1.807) is 24.4 Å². The van der Waals surface area contributed by atoms with Crippen molar-refractivity contribution < 1.29 is 10.0 Å². The van der Waals surface area contributed by atoms with Crippen LogP contribution in [0, 0.1) is 6.92 Å². The predicted molar refractivity (Wildman–Crippen MR) is 68.5 cm³/mol. The molecule has 0 aliphatic carbocycles. The summed E-state index contributed by atoms with van der Waals surface area (Å²) in [5.74, 6) is 0. The second-order valence-electron chi connectivity index (χ2n) is 3.22. The average Bonchev–Trinajstić information content (AvgIpc) is 2.19. The van der Waals surface area contributed by atoms with E-state index in [4.69, 9.17) is 15.8 Å². The van der Waals surface area contributed by atoms with Gasteiger partial charge in [0.05, 0.1) is 6.21 Å². The molecule has 5 nitrogen and oxygen atoms in total. The molecule has 84 valence electrons. The van der Waals surface area contributed by atoms with Gasteiger partial charge in [-0.05, 0) is 35.7 Å². The van der Waals surface area contributed by atoms with Crippen molar-refractivity contribution in [3.63, 3.8) is 0 Å². The topological polar surface area (TPSA) is 90.9 Å². The minimum Gasteiger partial charge on any atom is -0.423 e. The summed E-state index contributed by atoms with van der Waals surface area (Å²) >= 11 is 4.59. The lowest BCUT2D eigenvalue weighted by atomic mass is 9.79. The van der Waals surface area contributed by atoms with Gasteiger partial charge in [-0.25, -0.2) is 0 Å². The molecule has 5 N–H and O–H groups in total. The number of hydrogen-bond acceptors (Lipinski definition) is 4. The molecule has 0 unspecified atom stereocenters.